The Hall–Kier alpha value is -0.233. The molecular weight excluding hydrogens is 150 g/mol. The molecule has 5 heteroatoms. The van der Waals surface area contributed by atoms with Gasteiger partial charge in [-0.2, -0.15) is 0 Å². The fourth-order valence-corrected chi connectivity index (χ4v) is 1.93. The topological polar surface area (TPSA) is 61.5 Å². The lowest BCUT2D eigenvalue weighted by molar-refractivity contribution is 0.259. The quantitative estimate of drug-likeness (QED) is 0.436. The summed E-state index contributed by atoms with van der Waals surface area (Å²) in [6.07, 6.45) is 0. The lowest BCUT2D eigenvalue weighted by atomic mass is 10.8. The Morgan fingerprint density at radius 2 is 2.00 bits per heavy atom. The molecule has 2 N–H and O–H groups in total. The molecule has 0 atom stereocenters. The Bertz CT molecular complexity index is 105. The van der Waals surface area contributed by atoms with E-state index in [1.807, 2.05) is 0 Å². The van der Waals surface area contributed by atoms with E-state index in [-0.39, 0.29) is 0 Å². The number of nitrogens with two attached hydrogens (primary N) is 1. The summed E-state index contributed by atoms with van der Waals surface area (Å²) in [5, 5.41) is 0. The van der Waals surface area contributed by atoms with Crippen molar-refractivity contribution in [2.45, 2.75) is 6.04 Å². The van der Waals surface area contributed by atoms with Gasteiger partial charge in [0.05, 0.1) is 0 Å². The second-order valence-electron chi connectivity index (χ2n) is 1.88. The first-order valence-corrected chi connectivity index (χ1v) is 5.11. The second kappa shape index (κ2) is 4.56. The summed E-state index contributed by atoms with van der Waals surface area (Å²) < 4.78 is 9.89. The summed E-state index contributed by atoms with van der Waals surface area (Å²) in [5.74, 6) is 0.750. The summed E-state index contributed by atoms with van der Waals surface area (Å²) in [5.41, 5.74) is 5.26. The molecule has 10 heavy (non-hydrogen) atoms. The maximum absolute atomic E-state index is 10.4. The summed E-state index contributed by atoms with van der Waals surface area (Å²) >= 11 is 0. The van der Waals surface area contributed by atoms with Crippen LogP contribution in [0.25, 0.3) is 0 Å². The number of rotatable bonds is 5. The van der Waals surface area contributed by atoms with Crippen LogP contribution >= 0.6 is 0 Å². The zero-order valence-corrected chi connectivity index (χ0v) is 7.29. The monoisotopic (exact) mass is 163 g/mol. The molecule has 0 aromatic rings. The summed E-state index contributed by atoms with van der Waals surface area (Å²) in [7, 11) is 0.421. The third-order valence-corrected chi connectivity index (χ3v) is 4.09. The van der Waals surface area contributed by atoms with Crippen molar-refractivity contribution < 1.29 is 13.6 Å². The van der Waals surface area contributed by atoms with Gasteiger partial charge in [0.15, 0.2) is 5.91 Å². The van der Waals surface area contributed by atoms with Gasteiger partial charge in [-0.05, 0) is 6.54 Å². The van der Waals surface area contributed by atoms with E-state index in [4.69, 9.17) is 14.6 Å². The summed E-state index contributed by atoms with van der Waals surface area (Å²) in [6, 6.07) is 0.517. The number of hydrogen-bond acceptors (Lipinski definition) is 4. The number of carbonyl (C=O) groups excluding carboxylic acids is 1. The Balaban J connectivity index is 4.00. The third-order valence-electron chi connectivity index (χ3n) is 1.36. The van der Waals surface area contributed by atoms with Crippen molar-refractivity contribution in [2.24, 2.45) is 5.73 Å². The van der Waals surface area contributed by atoms with E-state index in [1.54, 1.807) is 0 Å². The zero-order chi connectivity index (χ0) is 8.04. The van der Waals surface area contributed by atoms with E-state index >= 15 is 0 Å². The maximum Gasteiger partial charge on any atom is 0.407 e. The first-order valence-electron chi connectivity index (χ1n) is 3.01. The smallest absolute Gasteiger partial charge is 0.393 e. The predicted molar refractivity (Wildman–Crippen MR) is 40.4 cm³/mol. The van der Waals surface area contributed by atoms with Crippen LogP contribution in [0.3, 0.4) is 0 Å². The number of carbonyl (C=O) groups is 1. The maximum atomic E-state index is 10.4. The van der Waals surface area contributed by atoms with Gasteiger partial charge in [-0.3, -0.25) is 0 Å². The fraction of sp³-hybridized carbons (Fsp3) is 0.800. The molecule has 0 heterocycles. The normalized spacial score (nSPS) is 11.5. The average molecular weight is 163 g/mol. The molecule has 0 aliphatic carbocycles. The molecule has 0 aliphatic heterocycles. The van der Waals surface area contributed by atoms with Crippen LogP contribution in [0.15, 0.2) is 0 Å². The third kappa shape index (κ3) is 2.18. The minimum absolute atomic E-state index is 0.423. The molecule has 0 spiro atoms. The lowest BCUT2D eigenvalue weighted by Gasteiger charge is -2.19. The van der Waals surface area contributed by atoms with Crippen LogP contribution in [0.5, 0.6) is 0 Å². The molecule has 0 amide bonds. The summed E-state index contributed by atoms with van der Waals surface area (Å²) in [6.45, 7) is 0.423. The fourth-order valence-electron chi connectivity index (χ4n) is 0.644. The molecule has 0 rings (SSSR count). The van der Waals surface area contributed by atoms with Crippen LogP contribution in [0.2, 0.25) is 6.04 Å². The molecule has 0 aliphatic rings. The lowest BCUT2D eigenvalue weighted by Crippen LogP contribution is -2.44. The van der Waals surface area contributed by atoms with E-state index in [9.17, 15) is 4.79 Å². The van der Waals surface area contributed by atoms with E-state index in [0.29, 0.717) is 12.6 Å². The highest BCUT2D eigenvalue weighted by molar-refractivity contribution is 6.91. The molecular formula is C5H13NO3Si. The molecule has 0 aromatic carbocycles. The molecule has 0 fully saturated rings. The largest absolute Gasteiger partial charge is 0.407 e. The van der Waals surface area contributed by atoms with Gasteiger partial charge in [0.25, 0.3) is 0 Å². The molecule has 0 saturated carbocycles. The molecule has 0 radical (unpaired) electrons. The van der Waals surface area contributed by atoms with Crippen molar-refractivity contribution in [3.05, 3.63) is 0 Å². The Morgan fingerprint density at radius 3 is 2.10 bits per heavy atom. The van der Waals surface area contributed by atoms with Gasteiger partial charge in [-0.25, -0.2) is 0 Å². The van der Waals surface area contributed by atoms with Gasteiger partial charge in [-0.1, -0.05) is 0 Å². The highest BCUT2D eigenvalue weighted by Gasteiger charge is 2.34. The van der Waals surface area contributed by atoms with Crippen LogP contribution < -0.4 is 5.73 Å². The van der Waals surface area contributed by atoms with Gasteiger partial charge in [-0.15, -0.1) is 0 Å². The highest BCUT2D eigenvalue weighted by Crippen LogP contribution is 2.05. The van der Waals surface area contributed by atoms with Crippen LogP contribution in [0.1, 0.15) is 0 Å². The van der Waals surface area contributed by atoms with Crippen LogP contribution in [0.4, 0.5) is 0 Å². The zero-order valence-electron chi connectivity index (χ0n) is 6.29. The summed E-state index contributed by atoms with van der Waals surface area (Å²) in [4.78, 5) is 10.4. The average Bonchev–Trinajstić information content (AvgIpc) is 2.01. The van der Waals surface area contributed by atoms with Crippen molar-refractivity contribution in [3.8, 4) is 0 Å². The van der Waals surface area contributed by atoms with Gasteiger partial charge in [0.1, 0.15) is 0 Å². The highest BCUT2D eigenvalue weighted by atomic mass is 28.4. The Morgan fingerprint density at radius 1 is 1.50 bits per heavy atom. The van der Waals surface area contributed by atoms with E-state index in [0.717, 1.165) is 5.91 Å². The number of hydrogen-bond donors (Lipinski definition) is 1. The van der Waals surface area contributed by atoms with E-state index in [1.165, 1.54) is 14.2 Å². The van der Waals surface area contributed by atoms with E-state index in [2.05, 4.69) is 0 Å². The molecule has 0 saturated heterocycles. The predicted octanol–water partition coefficient (Wildman–Crippen LogP) is -0.548. The van der Waals surface area contributed by atoms with Gasteiger partial charge >= 0.3 is 8.56 Å². The van der Waals surface area contributed by atoms with Crippen molar-refractivity contribution >= 4 is 14.5 Å². The molecule has 0 unspecified atom stereocenters. The van der Waals surface area contributed by atoms with Crippen molar-refractivity contribution in [2.75, 3.05) is 20.8 Å². The first kappa shape index (κ1) is 9.77. The van der Waals surface area contributed by atoms with Crippen LogP contribution in [0, 0.1) is 0 Å². The van der Waals surface area contributed by atoms with Crippen molar-refractivity contribution in [1.82, 2.24) is 0 Å². The van der Waals surface area contributed by atoms with E-state index < -0.39 is 8.56 Å². The molecule has 0 bridgehead atoms. The minimum atomic E-state index is -2.52. The van der Waals surface area contributed by atoms with Gasteiger partial charge in [0.2, 0.25) is 0 Å². The van der Waals surface area contributed by atoms with Crippen LogP contribution in [-0.4, -0.2) is 35.2 Å². The van der Waals surface area contributed by atoms with Crippen LogP contribution in [-0.2, 0) is 13.6 Å². The van der Waals surface area contributed by atoms with Crippen molar-refractivity contribution in [3.63, 3.8) is 0 Å². The Kier molecular flexibility index (Phi) is 4.46. The van der Waals surface area contributed by atoms with Gasteiger partial charge in [0, 0.05) is 20.3 Å². The van der Waals surface area contributed by atoms with Crippen molar-refractivity contribution in [1.29, 1.82) is 0 Å². The standard InChI is InChI=1S/C5H13NO3Si/c1-8-10(5-7,9-2)4-3-6/h5H,3-4,6H2,1-2H3. The SMILES string of the molecule is CO[Si](C=O)(CCN)OC. The minimum Gasteiger partial charge on any atom is -0.393 e. The first-order chi connectivity index (χ1) is 4.74. The Labute approximate surface area is 61.6 Å². The second-order valence-corrected chi connectivity index (χ2v) is 5.05. The van der Waals surface area contributed by atoms with Gasteiger partial charge < -0.3 is 19.4 Å². The molecule has 0 aromatic heterocycles. The molecule has 60 valence electrons. The molecule has 4 nitrogen and oxygen atoms in total.